The van der Waals surface area contributed by atoms with Crippen molar-refractivity contribution in [3.63, 3.8) is 0 Å². The minimum absolute atomic E-state index is 0.0571. The van der Waals surface area contributed by atoms with Gasteiger partial charge in [-0.15, -0.1) is 0 Å². The number of carbonyl (C=O) groups excluding carboxylic acids is 3. The lowest BCUT2D eigenvalue weighted by Crippen LogP contribution is -2.59. The first-order valence-electron chi connectivity index (χ1n) is 14.5. The fourth-order valence-electron chi connectivity index (χ4n) is 4.63. The second-order valence-corrected chi connectivity index (χ2v) is 12.2. The zero-order valence-corrected chi connectivity index (χ0v) is 26.4. The predicted molar refractivity (Wildman–Crippen MR) is 169 cm³/mol. The molecule has 0 bridgehead atoms. The van der Waals surface area contributed by atoms with Crippen LogP contribution in [-0.2, 0) is 20.7 Å². The maximum atomic E-state index is 14.7. The van der Waals surface area contributed by atoms with E-state index in [1.165, 1.54) is 29.2 Å². The number of hydrogen-bond acceptors (Lipinski definition) is 7. The Morgan fingerprint density at radius 1 is 0.886 bits per heavy atom. The summed E-state index contributed by atoms with van der Waals surface area (Å²) in [5.74, 6) is -0.448. The zero-order chi connectivity index (χ0) is 32.7. The third kappa shape index (κ3) is 9.13. The molecular weight excluding hydrogens is 562 g/mol. The standard InChI is InChI=1S/C34H43N3O7/c1-8-34(5,6)37(31(41)28(36-32(42)44-33(2,3)4)20-22-12-16-25(38)17-13-22)29(23-10-9-11-26(39)21-23)30(40)35-24-14-18-27(43-7)19-15-24/h9-19,21,28-29,38-39H,8,20H2,1-7H3,(H,35,40)(H,36,42). The number of carbonyl (C=O) groups is 3. The van der Waals surface area contributed by atoms with Gasteiger partial charge in [0.15, 0.2) is 0 Å². The van der Waals surface area contributed by atoms with Crippen LogP contribution in [0.1, 0.15) is 65.1 Å². The van der Waals surface area contributed by atoms with Crippen molar-refractivity contribution in [3.8, 4) is 17.2 Å². The number of nitrogens with zero attached hydrogens (tertiary/aromatic N) is 1. The van der Waals surface area contributed by atoms with Crippen LogP contribution in [0.5, 0.6) is 17.2 Å². The molecule has 3 aromatic rings. The van der Waals surface area contributed by atoms with Crippen LogP contribution in [0.25, 0.3) is 0 Å². The largest absolute Gasteiger partial charge is 0.508 e. The number of phenols is 2. The molecule has 0 aliphatic heterocycles. The highest BCUT2D eigenvalue weighted by molar-refractivity contribution is 5.99. The summed E-state index contributed by atoms with van der Waals surface area (Å²) < 4.78 is 10.7. The zero-order valence-electron chi connectivity index (χ0n) is 26.4. The van der Waals surface area contributed by atoms with Crippen molar-refractivity contribution in [2.75, 3.05) is 12.4 Å². The Hall–Kier alpha value is -4.73. The minimum Gasteiger partial charge on any atom is -0.508 e. The normalized spacial score (nSPS) is 12.9. The summed E-state index contributed by atoms with van der Waals surface area (Å²) in [5, 5.41) is 25.8. The van der Waals surface area contributed by atoms with Gasteiger partial charge in [-0.25, -0.2) is 4.79 Å². The molecule has 0 aliphatic rings. The molecule has 236 valence electrons. The number of methoxy groups -OCH3 is 1. The van der Waals surface area contributed by atoms with Gasteiger partial charge >= 0.3 is 6.09 Å². The molecule has 3 aromatic carbocycles. The highest BCUT2D eigenvalue weighted by Gasteiger charge is 2.43. The first kappa shape index (κ1) is 33.8. The van der Waals surface area contributed by atoms with E-state index >= 15 is 0 Å². The molecule has 0 saturated heterocycles. The third-order valence-corrected chi connectivity index (χ3v) is 7.17. The molecule has 0 spiro atoms. The van der Waals surface area contributed by atoms with E-state index in [1.54, 1.807) is 76.4 Å². The fourth-order valence-corrected chi connectivity index (χ4v) is 4.63. The molecule has 3 rings (SSSR count). The molecule has 0 aromatic heterocycles. The second kappa shape index (κ2) is 14.2. The first-order valence-corrected chi connectivity index (χ1v) is 14.5. The van der Waals surface area contributed by atoms with E-state index in [-0.39, 0.29) is 17.9 Å². The number of phenolic OH excluding ortho intramolecular Hbond substituents is 2. The van der Waals surface area contributed by atoms with Gasteiger partial charge in [0, 0.05) is 17.6 Å². The van der Waals surface area contributed by atoms with Gasteiger partial charge in [-0.2, -0.15) is 0 Å². The molecule has 10 heteroatoms. The van der Waals surface area contributed by atoms with E-state index in [0.717, 1.165) is 0 Å². The van der Waals surface area contributed by atoms with Crippen molar-refractivity contribution in [2.45, 2.75) is 77.6 Å². The molecule has 0 radical (unpaired) electrons. The summed E-state index contributed by atoms with van der Waals surface area (Å²) in [6.45, 7) is 10.7. The van der Waals surface area contributed by atoms with Crippen LogP contribution >= 0.6 is 0 Å². The number of amides is 3. The van der Waals surface area contributed by atoms with Crippen LogP contribution in [0.3, 0.4) is 0 Å². The molecule has 2 unspecified atom stereocenters. The first-order chi connectivity index (χ1) is 20.6. The van der Waals surface area contributed by atoms with Crippen LogP contribution in [0.4, 0.5) is 10.5 Å². The Morgan fingerprint density at radius 2 is 1.52 bits per heavy atom. The molecule has 44 heavy (non-hydrogen) atoms. The number of benzene rings is 3. The van der Waals surface area contributed by atoms with Crippen LogP contribution in [0, 0.1) is 0 Å². The minimum atomic E-state index is -1.20. The molecule has 2 atom stereocenters. The Bertz CT molecular complexity index is 1430. The van der Waals surface area contributed by atoms with Crippen LogP contribution in [0.15, 0.2) is 72.8 Å². The molecule has 4 N–H and O–H groups in total. The second-order valence-electron chi connectivity index (χ2n) is 12.2. The van der Waals surface area contributed by atoms with E-state index in [1.807, 2.05) is 20.8 Å². The summed E-state index contributed by atoms with van der Waals surface area (Å²) in [6.07, 6.45) is -0.274. The number of rotatable bonds is 11. The Kier molecular flexibility index (Phi) is 10.9. The van der Waals surface area contributed by atoms with E-state index in [2.05, 4.69) is 10.6 Å². The van der Waals surface area contributed by atoms with Gasteiger partial charge in [-0.1, -0.05) is 31.2 Å². The van der Waals surface area contributed by atoms with E-state index in [4.69, 9.17) is 9.47 Å². The number of aromatic hydroxyl groups is 2. The summed E-state index contributed by atoms with van der Waals surface area (Å²) in [7, 11) is 1.54. The van der Waals surface area contributed by atoms with Gasteiger partial charge in [0.1, 0.15) is 34.9 Å². The maximum Gasteiger partial charge on any atom is 0.408 e. The lowest BCUT2D eigenvalue weighted by molar-refractivity contribution is -0.147. The molecule has 0 heterocycles. The molecule has 0 saturated carbocycles. The van der Waals surface area contributed by atoms with Gasteiger partial charge in [0.05, 0.1) is 7.11 Å². The Morgan fingerprint density at radius 3 is 2.07 bits per heavy atom. The van der Waals surface area contributed by atoms with Gasteiger partial charge in [-0.05, 0) is 101 Å². The molecule has 0 fully saturated rings. The summed E-state index contributed by atoms with van der Waals surface area (Å²) in [4.78, 5) is 43.3. The monoisotopic (exact) mass is 605 g/mol. The smallest absolute Gasteiger partial charge is 0.408 e. The van der Waals surface area contributed by atoms with Gasteiger partial charge < -0.3 is 35.2 Å². The van der Waals surface area contributed by atoms with Gasteiger partial charge in [0.25, 0.3) is 5.91 Å². The lowest BCUT2D eigenvalue weighted by atomic mass is 9.91. The van der Waals surface area contributed by atoms with Crippen molar-refractivity contribution >= 4 is 23.6 Å². The van der Waals surface area contributed by atoms with Crippen molar-refractivity contribution in [3.05, 3.63) is 83.9 Å². The number of nitrogens with one attached hydrogen (secondary N) is 2. The number of anilines is 1. The maximum absolute atomic E-state index is 14.7. The lowest BCUT2D eigenvalue weighted by Gasteiger charge is -2.44. The van der Waals surface area contributed by atoms with Gasteiger partial charge in [0.2, 0.25) is 5.91 Å². The van der Waals surface area contributed by atoms with Crippen LogP contribution < -0.4 is 15.4 Å². The average molecular weight is 606 g/mol. The molecule has 10 nitrogen and oxygen atoms in total. The van der Waals surface area contributed by atoms with Crippen LogP contribution in [-0.4, -0.2) is 57.3 Å². The summed E-state index contributed by atoms with van der Waals surface area (Å²) in [5.41, 5.74) is -0.182. The molecular formula is C34H43N3O7. The SMILES string of the molecule is CCC(C)(C)N(C(=O)C(Cc1ccc(O)cc1)NC(=O)OC(C)(C)C)C(C(=O)Nc1ccc(OC)cc1)c1cccc(O)c1. The van der Waals surface area contributed by atoms with E-state index in [9.17, 15) is 24.6 Å². The van der Waals surface area contributed by atoms with E-state index in [0.29, 0.717) is 29.0 Å². The van der Waals surface area contributed by atoms with Gasteiger partial charge in [-0.3, -0.25) is 9.59 Å². The predicted octanol–water partition coefficient (Wildman–Crippen LogP) is 5.94. The summed E-state index contributed by atoms with van der Waals surface area (Å²) >= 11 is 0. The van der Waals surface area contributed by atoms with E-state index < -0.39 is 41.1 Å². The van der Waals surface area contributed by atoms with Crippen molar-refractivity contribution in [1.29, 1.82) is 0 Å². The summed E-state index contributed by atoms with van der Waals surface area (Å²) in [6, 6.07) is 16.9. The Labute approximate surface area is 259 Å². The fraction of sp³-hybridized carbons (Fsp3) is 0.382. The third-order valence-electron chi connectivity index (χ3n) is 7.17. The number of hydrogen-bond donors (Lipinski definition) is 4. The number of alkyl carbamates (subject to hydrolysis) is 1. The topological polar surface area (TPSA) is 137 Å². The van der Waals surface area contributed by atoms with Crippen molar-refractivity contribution < 1.29 is 34.1 Å². The highest BCUT2D eigenvalue weighted by Crippen LogP contribution is 2.34. The average Bonchev–Trinajstić information content (AvgIpc) is 2.95. The number of ether oxygens (including phenoxy) is 2. The van der Waals surface area contributed by atoms with Crippen molar-refractivity contribution in [1.82, 2.24) is 10.2 Å². The Balaban J connectivity index is 2.13. The quantitative estimate of drug-likeness (QED) is 0.212. The molecule has 3 amide bonds. The highest BCUT2D eigenvalue weighted by atomic mass is 16.6. The van der Waals surface area contributed by atoms with Crippen LogP contribution in [0.2, 0.25) is 0 Å². The van der Waals surface area contributed by atoms with Crippen molar-refractivity contribution in [2.24, 2.45) is 0 Å². The molecule has 0 aliphatic carbocycles.